The Labute approximate surface area is 180 Å². The van der Waals surface area contributed by atoms with Crippen molar-refractivity contribution in [2.45, 2.75) is 51.6 Å². The number of hydrogen-bond donors (Lipinski definition) is 1. The molecule has 0 unspecified atom stereocenters. The molecular formula is C25H26N4O2. The topological polar surface area (TPSA) is 68.4 Å². The van der Waals surface area contributed by atoms with Crippen LogP contribution < -0.4 is 10.9 Å². The van der Waals surface area contributed by atoms with Crippen molar-refractivity contribution in [3.8, 4) is 0 Å². The molecule has 1 aliphatic carbocycles. The lowest BCUT2D eigenvalue weighted by Gasteiger charge is -2.23. The molecule has 1 amide bonds. The van der Waals surface area contributed by atoms with Crippen molar-refractivity contribution >= 4 is 22.6 Å². The molecule has 3 heterocycles. The number of nitrogens with one attached hydrogen (secondary N) is 1. The maximum atomic E-state index is 13.3. The molecule has 0 bridgehead atoms. The third-order valence-electron chi connectivity index (χ3n) is 6.25. The third-order valence-corrected chi connectivity index (χ3v) is 6.25. The number of carbonyl (C=O) groups excluding carboxylic acids is 1. The predicted molar refractivity (Wildman–Crippen MR) is 122 cm³/mol. The van der Waals surface area contributed by atoms with Gasteiger partial charge < -0.3 is 9.88 Å². The second-order valence-electron chi connectivity index (χ2n) is 8.45. The highest BCUT2D eigenvalue weighted by atomic mass is 16.2. The summed E-state index contributed by atoms with van der Waals surface area (Å²) in [5.74, 6) is -0.133. The van der Waals surface area contributed by atoms with Crippen LogP contribution in [0.3, 0.4) is 0 Å². The van der Waals surface area contributed by atoms with E-state index in [-0.39, 0.29) is 17.5 Å². The van der Waals surface area contributed by atoms with Crippen LogP contribution in [-0.2, 0) is 6.54 Å². The summed E-state index contributed by atoms with van der Waals surface area (Å²) in [6, 6.07) is 15.6. The molecule has 5 rings (SSSR count). The van der Waals surface area contributed by atoms with Crippen molar-refractivity contribution in [1.82, 2.24) is 19.3 Å². The standard InChI is InChI=1S/C25H26N4O2/c1-17-9-8-14-28-22(17)27-23-20(25(28)31)15-21(24(30)26-19-12-6-3-7-13-19)29(23)16-18-10-4-2-5-11-18/h2,4-5,8-11,14-15,19H,3,6-7,12-13,16H2,1H3,(H,26,30). The molecule has 31 heavy (non-hydrogen) atoms. The molecule has 4 aromatic rings. The van der Waals surface area contributed by atoms with Crippen LogP contribution >= 0.6 is 0 Å². The van der Waals surface area contributed by atoms with Crippen molar-refractivity contribution in [2.24, 2.45) is 0 Å². The van der Waals surface area contributed by atoms with E-state index in [1.165, 1.54) is 6.42 Å². The fourth-order valence-electron chi connectivity index (χ4n) is 4.58. The van der Waals surface area contributed by atoms with Crippen LogP contribution in [0.1, 0.15) is 53.7 Å². The first-order chi connectivity index (χ1) is 15.1. The summed E-state index contributed by atoms with van der Waals surface area (Å²) in [7, 11) is 0. The highest BCUT2D eigenvalue weighted by Crippen LogP contribution is 2.22. The molecule has 1 fully saturated rings. The number of carbonyl (C=O) groups is 1. The van der Waals surface area contributed by atoms with Crippen LogP contribution in [-0.4, -0.2) is 25.9 Å². The zero-order valence-corrected chi connectivity index (χ0v) is 17.7. The van der Waals surface area contributed by atoms with E-state index >= 15 is 0 Å². The molecule has 1 aromatic carbocycles. The second kappa shape index (κ2) is 8.02. The number of pyridine rings is 1. The number of aryl methyl sites for hydroxylation is 1. The Morgan fingerprint density at radius 3 is 2.61 bits per heavy atom. The molecule has 1 aliphatic rings. The van der Waals surface area contributed by atoms with Gasteiger partial charge in [-0.1, -0.05) is 55.7 Å². The van der Waals surface area contributed by atoms with Gasteiger partial charge in [0.1, 0.15) is 17.0 Å². The summed E-state index contributed by atoms with van der Waals surface area (Å²) < 4.78 is 3.45. The molecule has 1 saturated carbocycles. The minimum atomic E-state index is -0.151. The number of benzene rings is 1. The largest absolute Gasteiger partial charge is 0.348 e. The molecule has 0 atom stereocenters. The highest BCUT2D eigenvalue weighted by Gasteiger charge is 2.23. The molecular weight excluding hydrogens is 388 g/mol. The van der Waals surface area contributed by atoms with E-state index in [1.54, 1.807) is 16.7 Å². The van der Waals surface area contributed by atoms with Gasteiger partial charge in [-0.15, -0.1) is 0 Å². The Bertz CT molecular complexity index is 1310. The lowest BCUT2D eigenvalue weighted by atomic mass is 9.95. The summed E-state index contributed by atoms with van der Waals surface area (Å²) in [6.07, 6.45) is 7.26. The Morgan fingerprint density at radius 1 is 1.06 bits per heavy atom. The minimum absolute atomic E-state index is 0.133. The maximum absolute atomic E-state index is 13.3. The van der Waals surface area contributed by atoms with Crippen LogP contribution in [0.25, 0.3) is 16.7 Å². The first-order valence-corrected chi connectivity index (χ1v) is 11.0. The fourth-order valence-corrected chi connectivity index (χ4v) is 4.58. The van der Waals surface area contributed by atoms with E-state index in [4.69, 9.17) is 4.98 Å². The van der Waals surface area contributed by atoms with E-state index in [0.717, 1.165) is 36.8 Å². The summed E-state index contributed by atoms with van der Waals surface area (Å²) in [5.41, 5.74) is 3.48. The maximum Gasteiger partial charge on any atom is 0.268 e. The molecule has 1 N–H and O–H groups in total. The van der Waals surface area contributed by atoms with Gasteiger partial charge >= 0.3 is 0 Å². The lowest BCUT2D eigenvalue weighted by Crippen LogP contribution is -2.37. The molecule has 0 radical (unpaired) electrons. The Kier molecular flexibility index (Phi) is 5.06. The number of amides is 1. The predicted octanol–water partition coefficient (Wildman–Crippen LogP) is 4.07. The van der Waals surface area contributed by atoms with Crippen molar-refractivity contribution in [1.29, 1.82) is 0 Å². The summed E-state index contributed by atoms with van der Waals surface area (Å²) in [5, 5.41) is 3.66. The van der Waals surface area contributed by atoms with Crippen LogP contribution in [0.5, 0.6) is 0 Å². The summed E-state index contributed by atoms with van der Waals surface area (Å²) >= 11 is 0. The zero-order valence-electron chi connectivity index (χ0n) is 17.7. The van der Waals surface area contributed by atoms with Gasteiger partial charge in [0.15, 0.2) is 0 Å². The van der Waals surface area contributed by atoms with Crippen molar-refractivity contribution in [3.05, 3.63) is 81.9 Å². The average Bonchev–Trinajstić information content (AvgIpc) is 3.15. The first kappa shape index (κ1) is 19.5. The van der Waals surface area contributed by atoms with Crippen LogP contribution in [0, 0.1) is 6.92 Å². The van der Waals surface area contributed by atoms with E-state index in [2.05, 4.69) is 5.32 Å². The fraction of sp³-hybridized carbons (Fsp3) is 0.320. The molecule has 0 aliphatic heterocycles. The van der Waals surface area contributed by atoms with E-state index < -0.39 is 0 Å². The van der Waals surface area contributed by atoms with Crippen molar-refractivity contribution < 1.29 is 4.79 Å². The highest BCUT2D eigenvalue weighted by molar-refractivity contribution is 5.98. The monoisotopic (exact) mass is 414 g/mol. The van der Waals surface area contributed by atoms with Crippen LogP contribution in [0.4, 0.5) is 0 Å². The summed E-state index contributed by atoms with van der Waals surface area (Å²) in [6.45, 7) is 2.42. The van der Waals surface area contributed by atoms with Crippen molar-refractivity contribution in [2.75, 3.05) is 0 Å². The molecule has 0 spiro atoms. The summed E-state index contributed by atoms with van der Waals surface area (Å²) in [4.78, 5) is 31.4. The van der Waals surface area contributed by atoms with Crippen molar-refractivity contribution in [3.63, 3.8) is 0 Å². The third kappa shape index (κ3) is 3.63. The van der Waals surface area contributed by atoms with Gasteiger partial charge in [0.25, 0.3) is 11.5 Å². The molecule has 6 heteroatoms. The van der Waals surface area contributed by atoms with Gasteiger partial charge in [-0.3, -0.25) is 14.0 Å². The van der Waals surface area contributed by atoms with Gasteiger partial charge in [0.2, 0.25) is 0 Å². The van der Waals surface area contributed by atoms with Gasteiger partial charge in [-0.25, -0.2) is 4.98 Å². The Balaban J connectivity index is 1.67. The zero-order chi connectivity index (χ0) is 21.4. The normalized spacial score (nSPS) is 14.9. The van der Waals surface area contributed by atoms with Gasteiger partial charge in [-0.2, -0.15) is 0 Å². The van der Waals surface area contributed by atoms with E-state index in [0.29, 0.717) is 28.9 Å². The van der Waals surface area contributed by atoms with Crippen LogP contribution in [0.2, 0.25) is 0 Å². The van der Waals surface area contributed by atoms with Gasteiger partial charge in [0, 0.05) is 18.8 Å². The van der Waals surface area contributed by atoms with Crippen LogP contribution in [0.15, 0.2) is 59.5 Å². The number of fused-ring (bicyclic) bond motifs is 2. The molecule has 3 aromatic heterocycles. The van der Waals surface area contributed by atoms with E-state index in [9.17, 15) is 9.59 Å². The Morgan fingerprint density at radius 2 is 1.84 bits per heavy atom. The van der Waals surface area contributed by atoms with Gasteiger partial charge in [-0.05, 0) is 43.0 Å². The first-order valence-electron chi connectivity index (χ1n) is 11.0. The average molecular weight is 415 g/mol. The Hall–Kier alpha value is -3.41. The molecule has 6 nitrogen and oxygen atoms in total. The second-order valence-corrected chi connectivity index (χ2v) is 8.45. The quantitative estimate of drug-likeness (QED) is 0.547. The number of nitrogens with zero attached hydrogens (tertiary/aromatic N) is 3. The molecule has 158 valence electrons. The number of aromatic nitrogens is 3. The van der Waals surface area contributed by atoms with Gasteiger partial charge in [0.05, 0.1) is 5.39 Å². The minimum Gasteiger partial charge on any atom is -0.348 e. The lowest BCUT2D eigenvalue weighted by molar-refractivity contribution is 0.0919. The molecule has 0 saturated heterocycles. The smallest absolute Gasteiger partial charge is 0.268 e. The number of hydrogen-bond acceptors (Lipinski definition) is 3. The SMILES string of the molecule is Cc1cccn2c(=O)c3cc(C(=O)NC4CCCCC4)n(Cc4ccccc4)c3nc12. The van der Waals surface area contributed by atoms with E-state index in [1.807, 2.05) is 54.0 Å². The number of rotatable bonds is 4.